The minimum absolute atomic E-state index is 0. The first kappa shape index (κ1) is 8.77. The summed E-state index contributed by atoms with van der Waals surface area (Å²) in [6.07, 6.45) is 0.343. The van der Waals surface area contributed by atoms with Crippen molar-refractivity contribution in [1.29, 1.82) is 1.43 Å². The highest BCUT2D eigenvalue weighted by Gasteiger charge is 2.28. The Hall–Kier alpha value is -0.320. The van der Waals surface area contributed by atoms with Gasteiger partial charge in [-0.15, -0.1) is 12.4 Å². The highest BCUT2D eigenvalue weighted by molar-refractivity contribution is 5.85. The average molecular weight is 183 g/mol. The molecule has 0 amide bonds. The lowest BCUT2D eigenvalue weighted by atomic mass is 10.2. The third-order valence-corrected chi connectivity index (χ3v) is 1.58. The molecule has 5 heteroatoms. The zero-order valence-electron chi connectivity index (χ0n) is 7.20. The van der Waals surface area contributed by atoms with Crippen LogP contribution >= 0.6 is 12.4 Å². The predicted molar refractivity (Wildman–Crippen MR) is 41.7 cm³/mol. The van der Waals surface area contributed by atoms with Crippen molar-refractivity contribution in [2.45, 2.75) is 18.6 Å². The molecule has 1 aliphatic heterocycles. The molecular weight excluding hydrogens is 170 g/mol. The molecule has 0 bridgehead atoms. The van der Waals surface area contributed by atoms with Gasteiger partial charge in [-0.05, 0) is 0 Å². The van der Waals surface area contributed by atoms with Gasteiger partial charge in [0.15, 0.2) is 0 Å². The number of carbonyl (C=O) groups excluding carboxylic acids is 1. The van der Waals surface area contributed by atoms with E-state index in [0.717, 1.165) is 0 Å². The van der Waals surface area contributed by atoms with E-state index in [9.17, 15) is 4.79 Å². The molecule has 0 aromatic heterocycles. The summed E-state index contributed by atoms with van der Waals surface area (Å²) >= 11 is 0. The molecule has 0 unspecified atom stereocenters. The Bertz CT molecular complexity index is 158. The van der Waals surface area contributed by atoms with Gasteiger partial charge in [0.25, 0.3) is 0 Å². The van der Waals surface area contributed by atoms with Crippen LogP contribution in [0, 0.1) is 0 Å². The van der Waals surface area contributed by atoms with Crippen LogP contribution in [0.3, 0.4) is 0 Å². The molecule has 11 heavy (non-hydrogen) atoms. The van der Waals surface area contributed by atoms with Crippen molar-refractivity contribution in [2.75, 3.05) is 13.7 Å². The van der Waals surface area contributed by atoms with Crippen LogP contribution in [0.25, 0.3) is 0 Å². The van der Waals surface area contributed by atoms with E-state index in [1.54, 1.807) is 0 Å². The van der Waals surface area contributed by atoms with Crippen LogP contribution in [-0.2, 0) is 9.53 Å². The third-order valence-electron chi connectivity index (χ3n) is 1.58. The lowest BCUT2D eigenvalue weighted by Gasteiger charge is -2.05. The minimum atomic E-state index is -0.296. The maximum atomic E-state index is 10.9. The second-order valence-electron chi connectivity index (χ2n) is 2.34. The standard InChI is InChI=1S/C6H11NO3.ClH/c1-10-6(9)5-2-4(8)3-7-5;/h4-5,7-8H,2-3H2,1H3;1H/t4-,5+;/m1./s1/i8D;. The number of carbonyl (C=O) groups is 1. The molecule has 0 radical (unpaired) electrons. The SMILES string of the molecule is Cl.[2H]O[C@H]1CN[C@H](C(=O)OC)C1. The van der Waals surface area contributed by atoms with E-state index in [0.29, 0.717) is 13.0 Å². The first-order valence-electron chi connectivity index (χ1n) is 3.62. The van der Waals surface area contributed by atoms with E-state index in [1.165, 1.54) is 7.11 Å². The number of aliphatic hydroxyl groups is 1. The number of methoxy groups -OCH3 is 1. The van der Waals surface area contributed by atoms with Gasteiger partial charge in [0.1, 0.15) is 6.04 Å². The Balaban J connectivity index is 0.00000121. The second kappa shape index (κ2) is 4.54. The third kappa shape index (κ3) is 2.65. The van der Waals surface area contributed by atoms with Crippen molar-refractivity contribution in [3.63, 3.8) is 0 Å². The summed E-state index contributed by atoms with van der Waals surface area (Å²) in [7, 11) is 1.35. The number of halogens is 1. The van der Waals surface area contributed by atoms with Crippen LogP contribution in [0.5, 0.6) is 0 Å². The van der Waals surface area contributed by atoms with Crippen LogP contribution in [0.1, 0.15) is 6.42 Å². The monoisotopic (exact) mass is 182 g/mol. The molecular formula is C6H12ClNO3. The van der Waals surface area contributed by atoms with Gasteiger partial charge in [-0.2, -0.15) is 0 Å². The zero-order chi connectivity index (χ0) is 8.27. The van der Waals surface area contributed by atoms with Crippen LogP contribution in [0.15, 0.2) is 0 Å². The van der Waals surface area contributed by atoms with Crippen LogP contribution in [0.4, 0.5) is 0 Å². The first-order chi connectivity index (χ1) is 5.27. The molecule has 2 N–H and O–H groups in total. The van der Waals surface area contributed by atoms with Crippen molar-refractivity contribution in [3.05, 3.63) is 0 Å². The Labute approximate surface area is 72.8 Å². The van der Waals surface area contributed by atoms with Gasteiger partial charge in [0.05, 0.1) is 13.2 Å². The molecule has 1 aliphatic rings. The number of aliphatic hydroxyl groups excluding tert-OH is 1. The summed E-state index contributed by atoms with van der Waals surface area (Å²) in [4.78, 5) is 10.9. The number of rotatable bonds is 2. The molecule has 0 aromatic rings. The Morgan fingerprint density at radius 2 is 2.64 bits per heavy atom. The molecule has 0 aromatic carbocycles. The van der Waals surface area contributed by atoms with E-state index < -0.39 is 0 Å². The number of β-amino-alcohol motifs (C(OH)–C–C–N with tert-alkyl or cyclic N) is 1. The average Bonchev–Trinajstić information content (AvgIpc) is 2.50. The van der Waals surface area contributed by atoms with Gasteiger partial charge in [-0.1, -0.05) is 0 Å². The van der Waals surface area contributed by atoms with Crippen molar-refractivity contribution >= 4 is 18.4 Å². The normalized spacial score (nSPS) is 30.5. The number of esters is 1. The first-order valence-corrected chi connectivity index (χ1v) is 3.21. The largest absolute Gasteiger partial charge is 0.468 e. The Morgan fingerprint density at radius 3 is 3.09 bits per heavy atom. The minimum Gasteiger partial charge on any atom is -0.468 e. The fraction of sp³-hybridized carbons (Fsp3) is 0.833. The molecule has 1 saturated heterocycles. The van der Waals surface area contributed by atoms with Gasteiger partial charge in [-0.25, -0.2) is 0 Å². The number of ether oxygens (including phenoxy) is 1. The highest BCUT2D eigenvalue weighted by atomic mass is 35.5. The molecule has 0 spiro atoms. The van der Waals surface area contributed by atoms with Gasteiger partial charge < -0.3 is 15.2 Å². The van der Waals surface area contributed by atoms with Gasteiger partial charge >= 0.3 is 5.97 Å². The van der Waals surface area contributed by atoms with Crippen molar-refractivity contribution in [2.24, 2.45) is 0 Å². The molecule has 0 aliphatic carbocycles. The summed E-state index contributed by atoms with van der Waals surface area (Å²) in [5.74, 6) is -0.287. The smallest absolute Gasteiger partial charge is 0.322 e. The van der Waals surface area contributed by atoms with Crippen LogP contribution in [0.2, 0.25) is 0 Å². The van der Waals surface area contributed by atoms with E-state index in [2.05, 4.69) is 15.2 Å². The molecule has 4 nitrogen and oxygen atoms in total. The van der Waals surface area contributed by atoms with E-state index >= 15 is 0 Å². The lowest BCUT2D eigenvalue weighted by Crippen LogP contribution is -2.31. The molecule has 1 heterocycles. The van der Waals surface area contributed by atoms with E-state index in [4.69, 9.17) is 1.43 Å². The number of hydrogen-bond acceptors (Lipinski definition) is 4. The Morgan fingerprint density at radius 1 is 1.91 bits per heavy atom. The molecule has 1 rings (SSSR count). The van der Waals surface area contributed by atoms with Crippen molar-refractivity contribution in [1.82, 2.24) is 5.32 Å². The topological polar surface area (TPSA) is 58.6 Å². The number of nitrogens with one attached hydrogen (secondary N) is 1. The highest BCUT2D eigenvalue weighted by Crippen LogP contribution is 2.06. The summed E-state index contributed by atoms with van der Waals surface area (Å²) in [6.45, 7) is 0.545. The Kier molecular flexibility index (Phi) is 3.62. The fourth-order valence-electron chi connectivity index (χ4n) is 1.03. The van der Waals surface area contributed by atoms with Gasteiger partial charge in [0, 0.05) is 13.0 Å². The summed E-state index contributed by atoms with van der Waals surface area (Å²) < 4.78 is 11.1. The summed E-state index contributed by atoms with van der Waals surface area (Å²) in [5, 5.41) is 7.20. The zero-order valence-corrected chi connectivity index (χ0v) is 7.02. The molecule has 2 atom stereocenters. The quantitative estimate of drug-likeness (QED) is 0.555. The maximum absolute atomic E-state index is 10.9. The lowest BCUT2D eigenvalue weighted by molar-refractivity contribution is -0.142. The van der Waals surface area contributed by atoms with Gasteiger partial charge in [-0.3, -0.25) is 4.79 Å². The summed E-state index contributed by atoms with van der Waals surface area (Å²) in [5.41, 5.74) is 0. The van der Waals surface area contributed by atoms with Crippen molar-refractivity contribution < 1.29 is 14.6 Å². The fourth-order valence-corrected chi connectivity index (χ4v) is 1.03. The van der Waals surface area contributed by atoms with Crippen LogP contribution < -0.4 is 5.32 Å². The molecule has 66 valence electrons. The second-order valence-corrected chi connectivity index (χ2v) is 2.34. The molecule has 0 saturated carbocycles. The predicted octanol–water partition coefficient (Wildman–Crippen LogP) is -0.696. The maximum Gasteiger partial charge on any atom is 0.322 e. The van der Waals surface area contributed by atoms with E-state index in [-0.39, 0.29) is 30.5 Å². The van der Waals surface area contributed by atoms with E-state index in [1.807, 2.05) is 0 Å². The van der Waals surface area contributed by atoms with Crippen molar-refractivity contribution in [3.8, 4) is 0 Å². The summed E-state index contributed by atoms with van der Waals surface area (Å²) in [6, 6.07) is -0.296. The van der Waals surface area contributed by atoms with Crippen LogP contribution in [-0.4, -0.2) is 38.3 Å². The van der Waals surface area contributed by atoms with Gasteiger partial charge in [0.2, 0.25) is 1.43 Å². The molecule has 1 fully saturated rings. The number of hydrogen-bond donors (Lipinski definition) is 2.